The first-order valence-corrected chi connectivity index (χ1v) is 8.99. The molecule has 1 amide bonds. The van der Waals surface area contributed by atoms with Gasteiger partial charge in [0.2, 0.25) is 0 Å². The van der Waals surface area contributed by atoms with Gasteiger partial charge in [-0.2, -0.15) is 0 Å². The van der Waals surface area contributed by atoms with Gasteiger partial charge < -0.3 is 14.8 Å². The second-order valence-electron chi connectivity index (χ2n) is 7.42. The van der Waals surface area contributed by atoms with Crippen molar-refractivity contribution >= 4 is 11.9 Å². The summed E-state index contributed by atoms with van der Waals surface area (Å²) >= 11 is 0. The molecule has 5 heteroatoms. The number of hydrogen-bond donors (Lipinski definition) is 1. The van der Waals surface area contributed by atoms with Crippen molar-refractivity contribution in [2.45, 2.75) is 39.2 Å². The maximum Gasteiger partial charge on any atom is 0.344 e. The summed E-state index contributed by atoms with van der Waals surface area (Å²) in [5.41, 5.74) is 2.22. The second-order valence-corrected chi connectivity index (χ2v) is 7.42. The molecule has 0 saturated carbocycles. The highest BCUT2D eigenvalue weighted by Crippen LogP contribution is 2.24. The first-order chi connectivity index (χ1) is 12.8. The molecule has 0 aromatic heterocycles. The molecule has 0 aliphatic rings. The van der Waals surface area contributed by atoms with Gasteiger partial charge in [-0.3, -0.25) is 4.79 Å². The molecule has 0 aliphatic carbocycles. The van der Waals surface area contributed by atoms with Crippen LogP contribution in [0.5, 0.6) is 5.75 Å². The fourth-order valence-corrected chi connectivity index (χ4v) is 2.49. The van der Waals surface area contributed by atoms with Gasteiger partial charge in [-0.25, -0.2) is 4.79 Å². The molecule has 0 heterocycles. The predicted molar refractivity (Wildman–Crippen MR) is 105 cm³/mol. The van der Waals surface area contributed by atoms with Crippen molar-refractivity contribution in [3.8, 4) is 5.75 Å². The summed E-state index contributed by atoms with van der Waals surface area (Å²) in [5.74, 6) is -0.353. The normalized spacial score (nSPS) is 12.1. The monoisotopic (exact) mass is 369 g/mol. The summed E-state index contributed by atoms with van der Waals surface area (Å²) in [5, 5.41) is 2.79. The maximum absolute atomic E-state index is 11.9. The van der Waals surface area contributed by atoms with Gasteiger partial charge in [0.05, 0.1) is 6.04 Å². The third-order valence-electron chi connectivity index (χ3n) is 4.12. The second kappa shape index (κ2) is 9.21. The van der Waals surface area contributed by atoms with Crippen molar-refractivity contribution in [3.05, 3.63) is 65.7 Å². The van der Waals surface area contributed by atoms with E-state index in [1.807, 2.05) is 61.5 Å². The maximum atomic E-state index is 11.9. The summed E-state index contributed by atoms with van der Waals surface area (Å²) in [6.45, 7) is 7.69. The molecule has 0 spiro atoms. The number of nitrogens with one attached hydrogen (secondary N) is 1. The third-order valence-corrected chi connectivity index (χ3v) is 4.12. The minimum atomic E-state index is -0.586. The average Bonchev–Trinajstić information content (AvgIpc) is 2.65. The Bertz CT molecular complexity index is 748. The number of hydrogen-bond acceptors (Lipinski definition) is 4. The van der Waals surface area contributed by atoms with E-state index in [0.29, 0.717) is 5.75 Å². The van der Waals surface area contributed by atoms with Crippen LogP contribution < -0.4 is 10.1 Å². The molecule has 0 saturated heterocycles. The zero-order valence-electron chi connectivity index (χ0n) is 16.3. The van der Waals surface area contributed by atoms with E-state index in [-0.39, 0.29) is 30.6 Å². The number of benzene rings is 2. The number of carbonyl (C=O) groups excluding carboxylic acids is 2. The number of esters is 1. The van der Waals surface area contributed by atoms with E-state index < -0.39 is 5.97 Å². The zero-order chi connectivity index (χ0) is 19.9. The van der Waals surface area contributed by atoms with Crippen LogP contribution in [0.15, 0.2) is 54.6 Å². The lowest BCUT2D eigenvalue weighted by atomic mass is 9.87. The Balaban J connectivity index is 1.72. The molecular weight excluding hydrogens is 342 g/mol. The molecule has 1 N–H and O–H groups in total. The molecular formula is C22H27NO4. The van der Waals surface area contributed by atoms with Gasteiger partial charge >= 0.3 is 5.97 Å². The van der Waals surface area contributed by atoms with Crippen LogP contribution in [0.25, 0.3) is 0 Å². The first kappa shape index (κ1) is 20.5. The molecule has 1 atom stereocenters. The molecule has 2 aromatic carbocycles. The van der Waals surface area contributed by atoms with Gasteiger partial charge in [0, 0.05) is 0 Å². The Morgan fingerprint density at radius 2 is 1.59 bits per heavy atom. The van der Waals surface area contributed by atoms with Crippen molar-refractivity contribution in [1.29, 1.82) is 0 Å². The molecule has 0 unspecified atom stereocenters. The molecule has 0 fully saturated rings. The SMILES string of the molecule is C[C@H](NC(=O)COC(=O)COc1ccc(C(C)(C)C)cc1)c1ccccc1. The van der Waals surface area contributed by atoms with Crippen LogP contribution in [0.1, 0.15) is 44.9 Å². The van der Waals surface area contributed by atoms with Crippen molar-refractivity contribution < 1.29 is 19.1 Å². The number of amides is 1. The summed E-state index contributed by atoms with van der Waals surface area (Å²) in [6.07, 6.45) is 0. The highest BCUT2D eigenvalue weighted by Gasteiger charge is 2.14. The molecule has 0 bridgehead atoms. The van der Waals surface area contributed by atoms with Crippen molar-refractivity contribution in [2.24, 2.45) is 0 Å². The number of ether oxygens (including phenoxy) is 2. The molecule has 5 nitrogen and oxygen atoms in total. The third kappa shape index (κ3) is 6.77. The predicted octanol–water partition coefficient (Wildman–Crippen LogP) is 3.78. The lowest BCUT2D eigenvalue weighted by Gasteiger charge is -2.19. The highest BCUT2D eigenvalue weighted by atomic mass is 16.6. The lowest BCUT2D eigenvalue weighted by Crippen LogP contribution is -2.31. The van der Waals surface area contributed by atoms with E-state index in [0.717, 1.165) is 5.56 Å². The molecule has 27 heavy (non-hydrogen) atoms. The zero-order valence-corrected chi connectivity index (χ0v) is 16.3. The van der Waals surface area contributed by atoms with E-state index in [4.69, 9.17) is 9.47 Å². The fourth-order valence-electron chi connectivity index (χ4n) is 2.49. The Hall–Kier alpha value is -2.82. The smallest absolute Gasteiger partial charge is 0.344 e. The van der Waals surface area contributed by atoms with Gasteiger partial charge in [-0.05, 0) is 35.6 Å². The molecule has 2 rings (SSSR count). The molecule has 2 aromatic rings. The van der Waals surface area contributed by atoms with Crippen molar-refractivity contribution in [1.82, 2.24) is 5.32 Å². The summed E-state index contributed by atoms with van der Waals surface area (Å²) in [6, 6.07) is 17.0. The highest BCUT2D eigenvalue weighted by molar-refractivity contribution is 5.81. The van der Waals surface area contributed by atoms with Crippen LogP contribution in [-0.4, -0.2) is 25.1 Å². The van der Waals surface area contributed by atoms with E-state index in [1.165, 1.54) is 5.56 Å². The van der Waals surface area contributed by atoms with Crippen LogP contribution >= 0.6 is 0 Å². The van der Waals surface area contributed by atoms with Crippen molar-refractivity contribution in [3.63, 3.8) is 0 Å². The molecule has 144 valence electrons. The Morgan fingerprint density at radius 3 is 2.19 bits per heavy atom. The number of carbonyl (C=O) groups is 2. The minimum Gasteiger partial charge on any atom is -0.482 e. The summed E-state index contributed by atoms with van der Waals surface area (Å²) in [4.78, 5) is 23.7. The quantitative estimate of drug-likeness (QED) is 0.754. The molecule has 0 aliphatic heterocycles. The Morgan fingerprint density at radius 1 is 0.963 bits per heavy atom. The van der Waals surface area contributed by atoms with Crippen LogP contribution in [0.3, 0.4) is 0 Å². The van der Waals surface area contributed by atoms with Gasteiger partial charge in [-0.15, -0.1) is 0 Å². The lowest BCUT2D eigenvalue weighted by molar-refractivity contribution is -0.150. The number of rotatable bonds is 7. The van der Waals surface area contributed by atoms with Crippen LogP contribution in [0.2, 0.25) is 0 Å². The van der Waals surface area contributed by atoms with E-state index in [9.17, 15) is 9.59 Å². The fraction of sp³-hybridized carbons (Fsp3) is 0.364. The topological polar surface area (TPSA) is 64.6 Å². The molecule has 0 radical (unpaired) electrons. The minimum absolute atomic E-state index is 0.0573. The van der Waals surface area contributed by atoms with Gasteiger partial charge in [0.1, 0.15) is 5.75 Å². The van der Waals surface area contributed by atoms with Gasteiger partial charge in [-0.1, -0.05) is 63.2 Å². The Kier molecular flexibility index (Phi) is 6.99. The van der Waals surface area contributed by atoms with Crippen molar-refractivity contribution in [2.75, 3.05) is 13.2 Å². The van der Waals surface area contributed by atoms with Crippen LogP contribution in [0.4, 0.5) is 0 Å². The van der Waals surface area contributed by atoms with E-state index in [1.54, 1.807) is 0 Å². The van der Waals surface area contributed by atoms with Crippen LogP contribution in [0, 0.1) is 0 Å². The van der Waals surface area contributed by atoms with Gasteiger partial charge in [0.15, 0.2) is 13.2 Å². The summed E-state index contributed by atoms with van der Waals surface area (Å²) in [7, 11) is 0. The Labute approximate surface area is 160 Å². The largest absolute Gasteiger partial charge is 0.482 e. The van der Waals surface area contributed by atoms with Gasteiger partial charge in [0.25, 0.3) is 5.91 Å². The summed E-state index contributed by atoms with van der Waals surface area (Å²) < 4.78 is 10.4. The van der Waals surface area contributed by atoms with Crippen LogP contribution in [-0.2, 0) is 19.7 Å². The van der Waals surface area contributed by atoms with E-state index in [2.05, 4.69) is 26.1 Å². The first-order valence-electron chi connectivity index (χ1n) is 8.99. The van der Waals surface area contributed by atoms with E-state index >= 15 is 0 Å². The standard InChI is InChI=1S/C22H27NO4/c1-16(17-8-6-5-7-9-17)23-20(24)14-27-21(25)15-26-19-12-10-18(11-13-19)22(2,3)4/h5-13,16H,14-15H2,1-4H3,(H,23,24)/t16-/m0/s1. The average molecular weight is 369 g/mol.